The summed E-state index contributed by atoms with van der Waals surface area (Å²) in [4.78, 5) is 42.8. The van der Waals surface area contributed by atoms with E-state index in [9.17, 15) is 14.4 Å². The fourth-order valence-corrected chi connectivity index (χ4v) is 6.50. The van der Waals surface area contributed by atoms with Gasteiger partial charge in [-0.25, -0.2) is 4.79 Å². The van der Waals surface area contributed by atoms with Crippen molar-refractivity contribution >= 4 is 28.7 Å². The number of fused-ring (bicyclic) bond motifs is 1. The molecule has 8 nitrogen and oxygen atoms in total. The second-order valence-electron chi connectivity index (χ2n) is 11.2. The highest BCUT2D eigenvalue weighted by molar-refractivity contribution is 5.90. The van der Waals surface area contributed by atoms with Crippen LogP contribution in [-0.4, -0.2) is 59.4 Å². The van der Waals surface area contributed by atoms with E-state index in [1.807, 2.05) is 11.0 Å². The van der Waals surface area contributed by atoms with Gasteiger partial charge in [0.2, 0.25) is 11.8 Å². The van der Waals surface area contributed by atoms with Crippen molar-refractivity contribution in [1.82, 2.24) is 15.2 Å². The van der Waals surface area contributed by atoms with Gasteiger partial charge in [0.05, 0.1) is 24.6 Å². The molecule has 40 heavy (non-hydrogen) atoms. The quantitative estimate of drug-likeness (QED) is 0.347. The molecule has 3 aromatic rings. The molecule has 1 aromatic heterocycles. The number of benzene rings is 2. The molecule has 4 N–H and O–H groups in total. The number of hydrogen-bond acceptors (Lipinski definition) is 5. The summed E-state index contributed by atoms with van der Waals surface area (Å²) in [6.07, 6.45) is 8.03. The number of hydrogen-bond donors (Lipinski definition) is 3. The number of likely N-dealkylation sites (tertiary alicyclic amines) is 1. The number of ether oxygens (including phenoxy) is 1. The zero-order valence-electron chi connectivity index (χ0n) is 23.2. The van der Waals surface area contributed by atoms with Gasteiger partial charge in [0.15, 0.2) is 0 Å². The van der Waals surface area contributed by atoms with Crippen molar-refractivity contribution < 1.29 is 19.1 Å². The number of H-pyrrole nitrogens is 1. The molecule has 2 heterocycles. The Bertz CT molecular complexity index is 1340. The van der Waals surface area contributed by atoms with Crippen molar-refractivity contribution in [3.63, 3.8) is 0 Å². The Morgan fingerprint density at radius 2 is 1.77 bits per heavy atom. The van der Waals surface area contributed by atoms with Gasteiger partial charge in [-0.1, -0.05) is 30.3 Å². The average Bonchev–Trinajstić information content (AvgIpc) is 3.41. The van der Waals surface area contributed by atoms with Crippen LogP contribution < -0.4 is 11.1 Å². The molecule has 2 aliphatic rings. The van der Waals surface area contributed by atoms with Crippen LogP contribution in [0.1, 0.15) is 72.9 Å². The molecular formula is C32H40N4O4. The third-order valence-corrected chi connectivity index (χ3v) is 8.67. The van der Waals surface area contributed by atoms with Gasteiger partial charge in [-0.2, -0.15) is 0 Å². The molecule has 0 radical (unpaired) electrons. The maximum absolute atomic E-state index is 13.0. The van der Waals surface area contributed by atoms with Gasteiger partial charge in [-0.05, 0) is 86.6 Å². The summed E-state index contributed by atoms with van der Waals surface area (Å²) in [6.45, 7) is 3.27. The predicted octanol–water partition coefficient (Wildman–Crippen LogP) is 4.30. The summed E-state index contributed by atoms with van der Waals surface area (Å²) in [5.74, 6) is -0.0273. The Morgan fingerprint density at radius 1 is 1.02 bits per heavy atom. The van der Waals surface area contributed by atoms with Crippen molar-refractivity contribution in [3.8, 4) is 0 Å². The van der Waals surface area contributed by atoms with Crippen molar-refractivity contribution in [1.29, 1.82) is 0 Å². The molecule has 0 spiro atoms. The predicted molar refractivity (Wildman–Crippen MR) is 155 cm³/mol. The summed E-state index contributed by atoms with van der Waals surface area (Å²) in [7, 11) is 0. The highest BCUT2D eigenvalue weighted by Crippen LogP contribution is 2.37. The number of primary amides is 1. The molecule has 1 atom stereocenters. The van der Waals surface area contributed by atoms with E-state index in [1.54, 1.807) is 25.1 Å². The highest BCUT2D eigenvalue weighted by Gasteiger charge is 2.34. The van der Waals surface area contributed by atoms with E-state index < -0.39 is 0 Å². The lowest BCUT2D eigenvalue weighted by Gasteiger charge is -2.38. The summed E-state index contributed by atoms with van der Waals surface area (Å²) >= 11 is 0. The number of nitrogens with one attached hydrogen (secondary N) is 2. The monoisotopic (exact) mass is 544 g/mol. The van der Waals surface area contributed by atoms with Gasteiger partial charge in [-0.3, -0.25) is 9.59 Å². The van der Waals surface area contributed by atoms with Crippen molar-refractivity contribution in [2.45, 2.75) is 69.9 Å². The number of aromatic amines is 1. The molecular weight excluding hydrogens is 504 g/mol. The summed E-state index contributed by atoms with van der Waals surface area (Å²) in [6, 6.07) is 15.4. The number of amides is 2. The first kappa shape index (κ1) is 27.9. The van der Waals surface area contributed by atoms with E-state index in [0.29, 0.717) is 31.2 Å². The highest BCUT2D eigenvalue weighted by atomic mass is 16.5. The van der Waals surface area contributed by atoms with Crippen LogP contribution in [0.3, 0.4) is 0 Å². The SMILES string of the molecule is CCOC(=O)c1cccc(CC(=O)N2CCC(C(NC3CCC(c4c[nH]c5ccccc45)CC3)C(N)=O)CC2)c1. The van der Waals surface area contributed by atoms with E-state index in [2.05, 4.69) is 40.8 Å². The number of carbonyl (C=O) groups is 3. The number of nitrogens with zero attached hydrogens (tertiary/aromatic N) is 1. The number of nitrogens with two attached hydrogens (primary N) is 1. The Hall–Kier alpha value is -3.65. The number of rotatable bonds is 9. The smallest absolute Gasteiger partial charge is 0.338 e. The molecule has 1 saturated carbocycles. The third kappa shape index (κ3) is 6.39. The molecule has 2 aromatic carbocycles. The summed E-state index contributed by atoms with van der Waals surface area (Å²) in [5.41, 5.74) is 9.70. The molecule has 1 aliphatic heterocycles. The van der Waals surface area contributed by atoms with Gasteiger partial charge in [0.1, 0.15) is 0 Å². The van der Waals surface area contributed by atoms with Crippen LogP contribution in [0.2, 0.25) is 0 Å². The molecule has 8 heteroatoms. The lowest BCUT2D eigenvalue weighted by Crippen LogP contribution is -2.54. The normalized spacial score (nSPS) is 20.8. The van der Waals surface area contributed by atoms with Crippen LogP contribution in [0.5, 0.6) is 0 Å². The van der Waals surface area contributed by atoms with Gasteiger partial charge in [0.25, 0.3) is 0 Å². The largest absolute Gasteiger partial charge is 0.462 e. The second kappa shape index (κ2) is 12.7. The van der Waals surface area contributed by atoms with Crippen LogP contribution >= 0.6 is 0 Å². The second-order valence-corrected chi connectivity index (χ2v) is 11.2. The Balaban J connectivity index is 1.11. The zero-order chi connectivity index (χ0) is 28.1. The molecule has 2 fully saturated rings. The van der Waals surface area contributed by atoms with Crippen LogP contribution in [0, 0.1) is 5.92 Å². The minimum absolute atomic E-state index is 0.0265. The van der Waals surface area contributed by atoms with Crippen molar-refractivity contribution in [3.05, 3.63) is 71.4 Å². The zero-order valence-corrected chi connectivity index (χ0v) is 23.2. The number of esters is 1. The molecule has 1 unspecified atom stereocenters. The summed E-state index contributed by atoms with van der Waals surface area (Å²) in [5, 5.41) is 4.92. The number of para-hydroxylation sites is 1. The fraction of sp³-hybridized carbons (Fsp3) is 0.469. The number of aromatic nitrogens is 1. The molecule has 1 aliphatic carbocycles. The maximum atomic E-state index is 13.0. The van der Waals surface area contributed by atoms with Gasteiger partial charge in [0, 0.05) is 36.2 Å². The lowest BCUT2D eigenvalue weighted by atomic mass is 9.80. The van der Waals surface area contributed by atoms with Crippen molar-refractivity contribution in [2.24, 2.45) is 11.7 Å². The average molecular weight is 545 g/mol. The van der Waals surface area contributed by atoms with E-state index in [1.165, 1.54) is 16.5 Å². The van der Waals surface area contributed by atoms with Gasteiger partial charge >= 0.3 is 5.97 Å². The maximum Gasteiger partial charge on any atom is 0.338 e. The van der Waals surface area contributed by atoms with E-state index >= 15 is 0 Å². The summed E-state index contributed by atoms with van der Waals surface area (Å²) < 4.78 is 5.07. The van der Waals surface area contributed by atoms with Crippen molar-refractivity contribution in [2.75, 3.05) is 19.7 Å². The van der Waals surface area contributed by atoms with Crippen LogP contribution in [0.15, 0.2) is 54.7 Å². The Labute approximate surface area is 235 Å². The van der Waals surface area contributed by atoms with Crippen LogP contribution in [0.4, 0.5) is 0 Å². The molecule has 0 bridgehead atoms. The van der Waals surface area contributed by atoms with E-state index in [4.69, 9.17) is 10.5 Å². The number of carbonyl (C=O) groups excluding carboxylic acids is 3. The van der Waals surface area contributed by atoms with Gasteiger partial charge in [-0.15, -0.1) is 0 Å². The molecule has 5 rings (SSSR count). The molecule has 212 valence electrons. The van der Waals surface area contributed by atoms with Gasteiger partial charge < -0.3 is 25.7 Å². The fourth-order valence-electron chi connectivity index (χ4n) is 6.50. The Kier molecular flexibility index (Phi) is 8.85. The minimum Gasteiger partial charge on any atom is -0.462 e. The first-order valence-electron chi connectivity index (χ1n) is 14.6. The van der Waals surface area contributed by atoms with E-state index in [-0.39, 0.29) is 42.2 Å². The van der Waals surface area contributed by atoms with Crippen LogP contribution in [0.25, 0.3) is 10.9 Å². The standard InChI is InChI=1S/C32H40N4O4/c1-2-40-32(39)24-7-5-6-21(18-24)19-29(37)36-16-14-23(15-17-36)30(31(33)38)35-25-12-10-22(11-13-25)27-20-34-28-9-4-3-8-26(27)28/h3-9,18,20,22-23,25,30,34-35H,2,10-17,19H2,1H3,(H2,33,38). The first-order valence-corrected chi connectivity index (χ1v) is 14.6. The molecule has 2 amide bonds. The van der Waals surface area contributed by atoms with E-state index in [0.717, 1.165) is 44.1 Å². The number of piperidine rings is 1. The topological polar surface area (TPSA) is 118 Å². The van der Waals surface area contributed by atoms with Crippen LogP contribution in [-0.2, 0) is 20.7 Å². The minimum atomic E-state index is -0.381. The first-order chi connectivity index (χ1) is 19.4. The lowest BCUT2D eigenvalue weighted by molar-refractivity contribution is -0.132. The molecule has 1 saturated heterocycles. The third-order valence-electron chi connectivity index (χ3n) is 8.67. The Morgan fingerprint density at radius 3 is 2.50 bits per heavy atom.